The van der Waals surface area contributed by atoms with Crippen molar-refractivity contribution < 1.29 is 9.53 Å². The highest BCUT2D eigenvalue weighted by atomic mass is 16.6. The SMILES string of the molecule is C=C1C[C@@H]2C[C@](CN)(CC(=O)OC(C)(C)C)[C@@H]2C1. The van der Waals surface area contributed by atoms with E-state index in [0.717, 1.165) is 19.3 Å². The summed E-state index contributed by atoms with van der Waals surface area (Å²) in [5, 5.41) is 0. The summed E-state index contributed by atoms with van der Waals surface area (Å²) in [6, 6.07) is 0. The summed E-state index contributed by atoms with van der Waals surface area (Å²) in [4.78, 5) is 12.0. The monoisotopic (exact) mass is 251 g/mol. The van der Waals surface area contributed by atoms with Crippen LogP contribution in [0.1, 0.15) is 46.5 Å². The molecule has 2 aliphatic carbocycles. The molecule has 3 atom stereocenters. The minimum atomic E-state index is -0.407. The van der Waals surface area contributed by atoms with Gasteiger partial charge in [-0.3, -0.25) is 4.79 Å². The molecule has 3 heteroatoms. The van der Waals surface area contributed by atoms with Gasteiger partial charge in [0, 0.05) is 0 Å². The molecule has 3 nitrogen and oxygen atoms in total. The average molecular weight is 251 g/mol. The van der Waals surface area contributed by atoms with Crippen molar-refractivity contribution in [1.29, 1.82) is 0 Å². The van der Waals surface area contributed by atoms with Crippen molar-refractivity contribution in [3.63, 3.8) is 0 Å². The van der Waals surface area contributed by atoms with E-state index in [1.165, 1.54) is 5.57 Å². The molecule has 0 heterocycles. The highest BCUT2D eigenvalue weighted by Gasteiger charge is 2.56. The Morgan fingerprint density at radius 2 is 2.17 bits per heavy atom. The quantitative estimate of drug-likeness (QED) is 0.619. The summed E-state index contributed by atoms with van der Waals surface area (Å²) < 4.78 is 5.43. The van der Waals surface area contributed by atoms with E-state index in [-0.39, 0.29) is 11.4 Å². The van der Waals surface area contributed by atoms with Crippen LogP contribution in [-0.4, -0.2) is 18.1 Å². The van der Waals surface area contributed by atoms with Crippen molar-refractivity contribution in [3.8, 4) is 0 Å². The number of allylic oxidation sites excluding steroid dienone is 1. The molecule has 0 spiro atoms. The molecule has 0 bridgehead atoms. The topological polar surface area (TPSA) is 52.3 Å². The molecule has 0 radical (unpaired) electrons. The van der Waals surface area contributed by atoms with Gasteiger partial charge in [-0.05, 0) is 63.8 Å². The van der Waals surface area contributed by atoms with Crippen molar-refractivity contribution >= 4 is 5.97 Å². The summed E-state index contributed by atoms with van der Waals surface area (Å²) in [5.41, 5.74) is 6.84. The van der Waals surface area contributed by atoms with Gasteiger partial charge in [0.25, 0.3) is 0 Å². The van der Waals surface area contributed by atoms with Gasteiger partial charge in [0.1, 0.15) is 5.60 Å². The first-order chi connectivity index (χ1) is 8.26. The van der Waals surface area contributed by atoms with E-state index in [2.05, 4.69) is 6.58 Å². The molecule has 2 fully saturated rings. The van der Waals surface area contributed by atoms with Gasteiger partial charge in [0.05, 0.1) is 6.42 Å². The standard InChI is InChI=1S/C15H25NO2/c1-10-5-11-7-15(9-16,12(11)6-10)8-13(17)18-14(2,3)4/h11-12H,1,5-9,16H2,2-4H3/t11-,12-,15-/m1/s1. The lowest BCUT2D eigenvalue weighted by Gasteiger charge is -2.51. The Balaban J connectivity index is 1.99. The van der Waals surface area contributed by atoms with Crippen LogP contribution in [0.4, 0.5) is 0 Å². The molecule has 0 amide bonds. The number of esters is 1. The molecule has 0 aromatic rings. The maximum Gasteiger partial charge on any atom is 0.306 e. The molecular formula is C15H25NO2. The van der Waals surface area contributed by atoms with E-state index >= 15 is 0 Å². The van der Waals surface area contributed by atoms with Gasteiger partial charge >= 0.3 is 5.97 Å². The Morgan fingerprint density at radius 3 is 2.67 bits per heavy atom. The molecule has 0 aromatic carbocycles. The summed E-state index contributed by atoms with van der Waals surface area (Å²) in [7, 11) is 0. The first kappa shape index (κ1) is 13.6. The molecule has 2 aliphatic rings. The second-order valence-electron chi connectivity index (χ2n) is 7.06. The van der Waals surface area contributed by atoms with Crippen LogP contribution < -0.4 is 5.73 Å². The number of rotatable bonds is 3. The second-order valence-corrected chi connectivity index (χ2v) is 7.06. The zero-order valence-corrected chi connectivity index (χ0v) is 11.8. The molecular weight excluding hydrogens is 226 g/mol. The second kappa shape index (κ2) is 4.37. The maximum atomic E-state index is 12.0. The smallest absolute Gasteiger partial charge is 0.306 e. The van der Waals surface area contributed by atoms with Crippen molar-refractivity contribution in [2.24, 2.45) is 23.0 Å². The third-order valence-corrected chi connectivity index (χ3v) is 4.41. The number of nitrogens with two attached hydrogens (primary N) is 1. The van der Waals surface area contributed by atoms with Crippen molar-refractivity contribution in [2.75, 3.05) is 6.54 Å². The number of ether oxygens (including phenoxy) is 1. The molecule has 0 aromatic heterocycles. The number of carbonyl (C=O) groups excluding carboxylic acids is 1. The maximum absolute atomic E-state index is 12.0. The predicted octanol–water partition coefficient (Wildman–Crippen LogP) is 2.65. The number of hydrogen-bond donors (Lipinski definition) is 1. The largest absolute Gasteiger partial charge is 0.460 e. The molecule has 2 N–H and O–H groups in total. The lowest BCUT2D eigenvalue weighted by molar-refractivity contribution is -0.163. The number of hydrogen-bond acceptors (Lipinski definition) is 3. The highest BCUT2D eigenvalue weighted by molar-refractivity contribution is 5.71. The Hall–Kier alpha value is -0.830. The minimum absolute atomic E-state index is 0.0214. The zero-order valence-electron chi connectivity index (χ0n) is 11.8. The van der Waals surface area contributed by atoms with E-state index in [0.29, 0.717) is 24.8 Å². The summed E-state index contributed by atoms with van der Waals surface area (Å²) >= 11 is 0. The van der Waals surface area contributed by atoms with E-state index in [1.807, 2.05) is 20.8 Å². The number of carbonyl (C=O) groups is 1. The third-order valence-electron chi connectivity index (χ3n) is 4.41. The van der Waals surface area contributed by atoms with Crippen molar-refractivity contribution in [2.45, 2.75) is 52.1 Å². The Labute approximate surface area is 110 Å². The predicted molar refractivity (Wildman–Crippen MR) is 71.9 cm³/mol. The van der Waals surface area contributed by atoms with Crippen LogP contribution in [0.3, 0.4) is 0 Å². The van der Waals surface area contributed by atoms with Crippen LogP contribution in [0, 0.1) is 17.3 Å². The highest BCUT2D eigenvalue weighted by Crippen LogP contribution is 2.61. The van der Waals surface area contributed by atoms with Gasteiger partial charge in [0.15, 0.2) is 0 Å². The van der Waals surface area contributed by atoms with Crippen LogP contribution in [-0.2, 0) is 9.53 Å². The molecule has 2 saturated carbocycles. The van der Waals surface area contributed by atoms with Crippen LogP contribution in [0.2, 0.25) is 0 Å². The van der Waals surface area contributed by atoms with Crippen LogP contribution in [0.25, 0.3) is 0 Å². The fraction of sp³-hybridized carbons (Fsp3) is 0.800. The van der Waals surface area contributed by atoms with E-state index in [4.69, 9.17) is 10.5 Å². The van der Waals surface area contributed by atoms with Crippen LogP contribution in [0.15, 0.2) is 12.2 Å². The first-order valence-corrected chi connectivity index (χ1v) is 6.84. The normalized spacial score (nSPS) is 35.0. The van der Waals surface area contributed by atoms with Crippen molar-refractivity contribution in [1.82, 2.24) is 0 Å². The van der Waals surface area contributed by atoms with Gasteiger partial charge in [-0.25, -0.2) is 0 Å². The van der Waals surface area contributed by atoms with Gasteiger partial charge < -0.3 is 10.5 Å². The molecule has 2 rings (SSSR count). The minimum Gasteiger partial charge on any atom is -0.460 e. The zero-order chi connectivity index (χ0) is 13.6. The fourth-order valence-electron chi connectivity index (χ4n) is 3.69. The van der Waals surface area contributed by atoms with Crippen LogP contribution in [0.5, 0.6) is 0 Å². The summed E-state index contributed by atoms with van der Waals surface area (Å²) in [6.07, 6.45) is 3.70. The third kappa shape index (κ3) is 2.46. The lowest BCUT2D eigenvalue weighted by Crippen LogP contribution is -2.51. The summed E-state index contributed by atoms with van der Waals surface area (Å²) in [5.74, 6) is 1.16. The van der Waals surface area contributed by atoms with Crippen LogP contribution >= 0.6 is 0 Å². The molecule has 18 heavy (non-hydrogen) atoms. The van der Waals surface area contributed by atoms with Crippen molar-refractivity contribution in [3.05, 3.63) is 12.2 Å². The van der Waals surface area contributed by atoms with Gasteiger partial charge in [-0.1, -0.05) is 12.2 Å². The molecule has 102 valence electrons. The number of fused-ring (bicyclic) bond motifs is 1. The Morgan fingerprint density at radius 1 is 1.50 bits per heavy atom. The fourth-order valence-corrected chi connectivity index (χ4v) is 3.69. The lowest BCUT2D eigenvalue weighted by atomic mass is 9.53. The molecule has 0 unspecified atom stereocenters. The van der Waals surface area contributed by atoms with Gasteiger partial charge in [-0.2, -0.15) is 0 Å². The van der Waals surface area contributed by atoms with Gasteiger partial charge in [0.2, 0.25) is 0 Å². The Bertz CT molecular complexity index is 369. The average Bonchev–Trinajstić information content (AvgIpc) is 2.50. The van der Waals surface area contributed by atoms with E-state index in [9.17, 15) is 4.79 Å². The molecule has 0 saturated heterocycles. The van der Waals surface area contributed by atoms with Gasteiger partial charge in [-0.15, -0.1) is 0 Å². The molecule has 0 aliphatic heterocycles. The Kier molecular flexibility index (Phi) is 3.30. The van der Waals surface area contributed by atoms with E-state index < -0.39 is 5.60 Å². The summed E-state index contributed by atoms with van der Waals surface area (Å²) in [6.45, 7) is 10.4. The first-order valence-electron chi connectivity index (χ1n) is 6.84. The van der Waals surface area contributed by atoms with E-state index in [1.54, 1.807) is 0 Å².